The third-order valence-electron chi connectivity index (χ3n) is 2.36. The van der Waals surface area contributed by atoms with Crippen molar-refractivity contribution in [2.45, 2.75) is 52.9 Å². The first-order valence-corrected chi connectivity index (χ1v) is 5.42. The molecule has 13 heavy (non-hydrogen) atoms. The molecule has 0 aromatic heterocycles. The lowest BCUT2D eigenvalue weighted by atomic mass is 9.86. The van der Waals surface area contributed by atoms with Gasteiger partial charge in [0.05, 0.1) is 0 Å². The molecule has 0 N–H and O–H groups in total. The molecule has 0 saturated carbocycles. The summed E-state index contributed by atoms with van der Waals surface area (Å²) in [5.74, 6) is 0. The van der Waals surface area contributed by atoms with Crippen molar-refractivity contribution in [2.75, 3.05) is 0 Å². The Bertz CT molecular complexity index is 151. The minimum absolute atomic E-state index is 0.349. The van der Waals surface area contributed by atoms with Gasteiger partial charge in [-0.2, -0.15) is 0 Å². The molecule has 0 aliphatic rings. The summed E-state index contributed by atoms with van der Waals surface area (Å²) in [6.07, 6.45) is 12.9. The maximum atomic E-state index is 3.69. The number of allylic oxidation sites excluding steroid dienone is 3. The molecule has 0 atom stereocenters. The van der Waals surface area contributed by atoms with Gasteiger partial charge in [0.25, 0.3) is 0 Å². The van der Waals surface area contributed by atoms with E-state index in [1.165, 1.54) is 32.1 Å². The second-order valence-corrected chi connectivity index (χ2v) is 4.39. The normalized spacial score (nSPS) is 12.2. The molecule has 0 amide bonds. The summed E-state index contributed by atoms with van der Waals surface area (Å²) in [5, 5.41) is 0. The molecule has 0 aliphatic heterocycles. The maximum Gasteiger partial charge on any atom is -0.0172 e. The Balaban J connectivity index is 3.62. The summed E-state index contributed by atoms with van der Waals surface area (Å²) >= 11 is 0. The average Bonchev–Trinajstić information content (AvgIpc) is 2.09. The minimum Gasteiger partial charge on any atom is -0.0991 e. The van der Waals surface area contributed by atoms with Gasteiger partial charge in [-0.25, -0.2) is 0 Å². The smallest absolute Gasteiger partial charge is 0.0172 e. The highest BCUT2D eigenvalue weighted by Gasteiger charge is 2.11. The molecule has 0 heteroatoms. The van der Waals surface area contributed by atoms with E-state index in [1.54, 1.807) is 0 Å². The van der Waals surface area contributed by atoms with Crippen LogP contribution >= 0.6 is 0 Å². The summed E-state index contributed by atoms with van der Waals surface area (Å²) in [7, 11) is 0. The Kier molecular flexibility index (Phi) is 6.66. The van der Waals surface area contributed by atoms with Crippen molar-refractivity contribution in [3.05, 3.63) is 24.8 Å². The highest BCUT2D eigenvalue weighted by atomic mass is 14.2. The predicted octanol–water partition coefficient (Wildman–Crippen LogP) is 4.73. The Morgan fingerprint density at radius 1 is 1.15 bits per heavy atom. The standard InChI is InChI=1S/C13H24/c1-5-7-9-10-12-13(3,4)11-8-6-2/h6,8,11H,2,5,7,9-10,12H2,1,3-4H3/b11-8+. The van der Waals surface area contributed by atoms with E-state index >= 15 is 0 Å². The van der Waals surface area contributed by atoms with Gasteiger partial charge in [-0.1, -0.05) is 71.3 Å². The van der Waals surface area contributed by atoms with Crippen LogP contribution in [-0.2, 0) is 0 Å². The van der Waals surface area contributed by atoms with Gasteiger partial charge in [0.2, 0.25) is 0 Å². The van der Waals surface area contributed by atoms with Crippen molar-refractivity contribution >= 4 is 0 Å². The van der Waals surface area contributed by atoms with Gasteiger partial charge in [-0.3, -0.25) is 0 Å². The quantitative estimate of drug-likeness (QED) is 0.392. The fourth-order valence-corrected chi connectivity index (χ4v) is 1.42. The number of rotatable bonds is 7. The molecule has 0 aromatic rings. The van der Waals surface area contributed by atoms with Crippen molar-refractivity contribution in [3.8, 4) is 0 Å². The molecule has 0 unspecified atom stereocenters. The van der Waals surface area contributed by atoms with Crippen LogP contribution in [-0.4, -0.2) is 0 Å². The largest absolute Gasteiger partial charge is 0.0991 e. The monoisotopic (exact) mass is 180 g/mol. The van der Waals surface area contributed by atoms with Crippen molar-refractivity contribution in [1.29, 1.82) is 0 Å². The zero-order valence-electron chi connectivity index (χ0n) is 9.47. The first-order chi connectivity index (χ1) is 6.12. The average molecular weight is 180 g/mol. The van der Waals surface area contributed by atoms with E-state index in [-0.39, 0.29) is 0 Å². The molecule has 0 heterocycles. The number of unbranched alkanes of at least 4 members (excludes halogenated alkanes) is 3. The van der Waals surface area contributed by atoms with Gasteiger partial charge < -0.3 is 0 Å². The van der Waals surface area contributed by atoms with Crippen LogP contribution in [0.4, 0.5) is 0 Å². The van der Waals surface area contributed by atoms with Crippen LogP contribution in [0.15, 0.2) is 24.8 Å². The summed E-state index contributed by atoms with van der Waals surface area (Å²) < 4.78 is 0. The van der Waals surface area contributed by atoms with Gasteiger partial charge in [-0.15, -0.1) is 0 Å². The molecular weight excluding hydrogens is 156 g/mol. The Morgan fingerprint density at radius 2 is 1.85 bits per heavy atom. The van der Waals surface area contributed by atoms with E-state index in [9.17, 15) is 0 Å². The molecule has 0 nitrogen and oxygen atoms in total. The van der Waals surface area contributed by atoms with E-state index in [1.807, 2.05) is 6.08 Å². The van der Waals surface area contributed by atoms with Crippen molar-refractivity contribution in [1.82, 2.24) is 0 Å². The van der Waals surface area contributed by atoms with Crippen LogP contribution in [0.3, 0.4) is 0 Å². The fourth-order valence-electron chi connectivity index (χ4n) is 1.42. The lowest BCUT2D eigenvalue weighted by molar-refractivity contribution is 0.410. The third kappa shape index (κ3) is 7.83. The van der Waals surface area contributed by atoms with Gasteiger partial charge in [0, 0.05) is 0 Å². The predicted molar refractivity (Wildman–Crippen MR) is 61.9 cm³/mol. The Labute approximate surface area is 83.7 Å². The molecule has 76 valence electrons. The topological polar surface area (TPSA) is 0 Å². The van der Waals surface area contributed by atoms with Crippen LogP contribution in [0, 0.1) is 5.41 Å². The molecule has 0 spiro atoms. The summed E-state index contributed by atoms with van der Waals surface area (Å²) in [4.78, 5) is 0. The van der Waals surface area contributed by atoms with Gasteiger partial charge in [0.15, 0.2) is 0 Å². The molecule has 0 saturated heterocycles. The van der Waals surface area contributed by atoms with E-state index in [0.29, 0.717) is 5.41 Å². The van der Waals surface area contributed by atoms with Crippen molar-refractivity contribution in [2.24, 2.45) is 5.41 Å². The Hall–Kier alpha value is -0.520. The number of hydrogen-bond donors (Lipinski definition) is 0. The second kappa shape index (κ2) is 6.94. The van der Waals surface area contributed by atoms with E-state index in [0.717, 1.165) is 0 Å². The molecule has 0 aliphatic carbocycles. The third-order valence-corrected chi connectivity index (χ3v) is 2.36. The maximum absolute atomic E-state index is 3.69. The van der Waals surface area contributed by atoms with Crippen LogP contribution in [0.1, 0.15) is 52.9 Å². The lowest BCUT2D eigenvalue weighted by Gasteiger charge is -2.19. The zero-order chi connectivity index (χ0) is 10.2. The summed E-state index contributed by atoms with van der Waals surface area (Å²) in [6.45, 7) is 10.5. The Morgan fingerprint density at radius 3 is 2.38 bits per heavy atom. The van der Waals surface area contributed by atoms with Gasteiger partial charge >= 0.3 is 0 Å². The molecule has 0 rings (SSSR count). The highest BCUT2D eigenvalue weighted by molar-refractivity contribution is 5.03. The zero-order valence-corrected chi connectivity index (χ0v) is 9.47. The van der Waals surface area contributed by atoms with E-state index in [4.69, 9.17) is 0 Å². The van der Waals surface area contributed by atoms with E-state index < -0.39 is 0 Å². The first-order valence-electron chi connectivity index (χ1n) is 5.42. The molecule has 0 bridgehead atoms. The minimum atomic E-state index is 0.349. The highest BCUT2D eigenvalue weighted by Crippen LogP contribution is 2.25. The van der Waals surface area contributed by atoms with Crippen LogP contribution in [0.2, 0.25) is 0 Å². The van der Waals surface area contributed by atoms with Crippen LogP contribution < -0.4 is 0 Å². The molecule has 0 radical (unpaired) electrons. The summed E-state index contributed by atoms with van der Waals surface area (Å²) in [5.41, 5.74) is 0.349. The SMILES string of the molecule is C=C/C=C/C(C)(C)CCCCCC. The van der Waals surface area contributed by atoms with Crippen molar-refractivity contribution in [3.63, 3.8) is 0 Å². The fraction of sp³-hybridized carbons (Fsp3) is 0.692. The molecular formula is C13H24. The number of hydrogen-bond acceptors (Lipinski definition) is 0. The summed E-state index contributed by atoms with van der Waals surface area (Å²) in [6, 6.07) is 0. The molecule has 0 fully saturated rings. The van der Waals surface area contributed by atoms with Gasteiger partial charge in [-0.05, 0) is 11.8 Å². The second-order valence-electron chi connectivity index (χ2n) is 4.39. The van der Waals surface area contributed by atoms with Crippen LogP contribution in [0.25, 0.3) is 0 Å². The van der Waals surface area contributed by atoms with E-state index in [2.05, 4.69) is 39.5 Å². The van der Waals surface area contributed by atoms with Crippen molar-refractivity contribution < 1.29 is 0 Å². The first kappa shape index (κ1) is 12.5. The lowest BCUT2D eigenvalue weighted by Crippen LogP contribution is -2.06. The molecule has 0 aromatic carbocycles. The van der Waals surface area contributed by atoms with Gasteiger partial charge in [0.1, 0.15) is 0 Å². The van der Waals surface area contributed by atoms with Crippen LogP contribution in [0.5, 0.6) is 0 Å².